The number of hydrogen-bond acceptors (Lipinski definition) is 3. The van der Waals surface area contributed by atoms with Crippen LogP contribution in [0, 0.1) is 19.8 Å². The van der Waals surface area contributed by atoms with Crippen molar-refractivity contribution in [2.45, 2.75) is 32.1 Å². The number of benzene rings is 1. The van der Waals surface area contributed by atoms with Gasteiger partial charge in [-0.05, 0) is 43.4 Å². The molecule has 0 bridgehead atoms. The van der Waals surface area contributed by atoms with Crippen LogP contribution in [0.15, 0.2) is 17.0 Å². The van der Waals surface area contributed by atoms with Crippen LogP contribution in [0.2, 0.25) is 0 Å². The van der Waals surface area contributed by atoms with E-state index in [9.17, 15) is 13.2 Å². The maximum atomic E-state index is 12.5. The number of halogens is 1. The minimum absolute atomic E-state index is 0.0142. The first-order valence-electron chi connectivity index (χ1n) is 6.55. The van der Waals surface area contributed by atoms with Gasteiger partial charge in [-0.15, -0.1) is 0 Å². The quantitative estimate of drug-likeness (QED) is 0.788. The zero-order chi connectivity index (χ0) is 15.1. The van der Waals surface area contributed by atoms with Crippen molar-refractivity contribution in [1.82, 2.24) is 4.90 Å². The van der Waals surface area contributed by atoms with Crippen molar-refractivity contribution in [1.29, 1.82) is 0 Å². The number of rotatable bonds is 2. The molecule has 1 atom stereocenters. The molecule has 1 aromatic carbocycles. The Balaban J connectivity index is 2.44. The summed E-state index contributed by atoms with van der Waals surface area (Å²) in [5, 5.41) is 0. The molecule has 0 aliphatic carbocycles. The molecule has 2 rings (SSSR count). The average molecular weight is 316 g/mol. The standard InChI is InChI=1S/C14H18ClNO3S/c1-9-4-5-16(8-9)14(17)12-7-13(20(15,18)19)11(3)6-10(12)2/h6-7,9H,4-5,8H2,1-3H3. The Morgan fingerprint density at radius 1 is 1.30 bits per heavy atom. The van der Waals surface area contributed by atoms with Crippen molar-refractivity contribution in [3.8, 4) is 0 Å². The Bertz CT molecular complexity index is 655. The molecular weight excluding hydrogens is 298 g/mol. The number of aryl methyl sites for hydroxylation is 2. The van der Waals surface area contributed by atoms with Gasteiger partial charge >= 0.3 is 0 Å². The Kier molecular flexibility index (Phi) is 4.12. The fourth-order valence-electron chi connectivity index (χ4n) is 2.62. The van der Waals surface area contributed by atoms with E-state index in [2.05, 4.69) is 6.92 Å². The summed E-state index contributed by atoms with van der Waals surface area (Å²) in [6, 6.07) is 3.10. The molecule has 1 fully saturated rings. The van der Waals surface area contributed by atoms with Gasteiger partial charge in [-0.3, -0.25) is 4.79 Å². The van der Waals surface area contributed by atoms with Crippen LogP contribution >= 0.6 is 10.7 Å². The Morgan fingerprint density at radius 3 is 2.45 bits per heavy atom. The summed E-state index contributed by atoms with van der Waals surface area (Å²) in [4.78, 5) is 14.3. The highest BCUT2D eigenvalue weighted by molar-refractivity contribution is 8.13. The molecule has 1 unspecified atom stereocenters. The molecule has 110 valence electrons. The lowest BCUT2D eigenvalue weighted by Crippen LogP contribution is -2.29. The topological polar surface area (TPSA) is 54.5 Å². The summed E-state index contributed by atoms with van der Waals surface area (Å²) in [7, 11) is 1.58. The first-order chi connectivity index (χ1) is 9.20. The van der Waals surface area contributed by atoms with Gasteiger partial charge in [0.15, 0.2) is 0 Å². The van der Waals surface area contributed by atoms with Gasteiger partial charge in [-0.2, -0.15) is 0 Å². The largest absolute Gasteiger partial charge is 0.338 e. The summed E-state index contributed by atoms with van der Waals surface area (Å²) in [6.07, 6.45) is 0.983. The monoisotopic (exact) mass is 315 g/mol. The van der Waals surface area contributed by atoms with Crippen LogP contribution in [0.4, 0.5) is 0 Å². The second kappa shape index (κ2) is 5.37. The summed E-state index contributed by atoms with van der Waals surface area (Å²) in [6.45, 7) is 7.02. The highest BCUT2D eigenvalue weighted by atomic mass is 35.7. The molecule has 0 aromatic heterocycles. The van der Waals surface area contributed by atoms with Crippen LogP contribution in [0.3, 0.4) is 0 Å². The van der Waals surface area contributed by atoms with Gasteiger partial charge < -0.3 is 4.90 Å². The third-order valence-corrected chi connectivity index (χ3v) is 5.19. The number of carbonyl (C=O) groups is 1. The third kappa shape index (κ3) is 2.99. The molecule has 1 aromatic rings. The molecule has 6 heteroatoms. The zero-order valence-electron chi connectivity index (χ0n) is 11.8. The zero-order valence-corrected chi connectivity index (χ0v) is 13.4. The fourth-order valence-corrected chi connectivity index (χ4v) is 3.82. The predicted molar refractivity (Wildman–Crippen MR) is 78.6 cm³/mol. The fraction of sp³-hybridized carbons (Fsp3) is 0.500. The van der Waals surface area contributed by atoms with Crippen LogP contribution in [0.5, 0.6) is 0 Å². The van der Waals surface area contributed by atoms with Crippen LogP contribution in [0.25, 0.3) is 0 Å². The van der Waals surface area contributed by atoms with Gasteiger partial charge in [-0.25, -0.2) is 8.42 Å². The van der Waals surface area contributed by atoms with Gasteiger partial charge in [0, 0.05) is 29.3 Å². The van der Waals surface area contributed by atoms with E-state index in [0.717, 1.165) is 25.1 Å². The number of likely N-dealkylation sites (tertiary alicyclic amines) is 1. The van der Waals surface area contributed by atoms with Crippen molar-refractivity contribution in [2.75, 3.05) is 13.1 Å². The van der Waals surface area contributed by atoms with Crippen LogP contribution in [-0.4, -0.2) is 32.3 Å². The van der Waals surface area contributed by atoms with E-state index >= 15 is 0 Å². The van der Waals surface area contributed by atoms with Crippen LogP contribution < -0.4 is 0 Å². The van der Waals surface area contributed by atoms with Gasteiger partial charge in [0.05, 0.1) is 4.90 Å². The lowest BCUT2D eigenvalue weighted by molar-refractivity contribution is 0.0787. The van der Waals surface area contributed by atoms with Gasteiger partial charge in [0.1, 0.15) is 0 Å². The van der Waals surface area contributed by atoms with E-state index in [1.165, 1.54) is 6.07 Å². The minimum atomic E-state index is -3.84. The van der Waals surface area contributed by atoms with Crippen molar-refractivity contribution in [3.05, 3.63) is 28.8 Å². The normalized spacial score (nSPS) is 19.4. The molecule has 1 heterocycles. The maximum Gasteiger partial charge on any atom is 0.261 e. The van der Waals surface area contributed by atoms with Gasteiger partial charge in [0.2, 0.25) is 0 Å². The second-order valence-electron chi connectivity index (χ2n) is 5.52. The maximum absolute atomic E-state index is 12.5. The molecule has 1 aliphatic rings. The Hall–Kier alpha value is -1.07. The first kappa shape index (κ1) is 15.3. The molecule has 4 nitrogen and oxygen atoms in total. The molecule has 0 saturated carbocycles. The molecule has 1 saturated heterocycles. The Labute approximate surface area is 124 Å². The smallest absolute Gasteiger partial charge is 0.261 e. The van der Waals surface area contributed by atoms with Gasteiger partial charge in [-0.1, -0.05) is 13.0 Å². The summed E-state index contributed by atoms with van der Waals surface area (Å²) >= 11 is 0. The van der Waals surface area contributed by atoms with Crippen molar-refractivity contribution < 1.29 is 13.2 Å². The lowest BCUT2D eigenvalue weighted by Gasteiger charge is -2.18. The van der Waals surface area contributed by atoms with E-state index < -0.39 is 9.05 Å². The first-order valence-corrected chi connectivity index (χ1v) is 8.86. The van der Waals surface area contributed by atoms with E-state index in [4.69, 9.17) is 10.7 Å². The predicted octanol–water partition coefficient (Wildman–Crippen LogP) is 2.71. The molecule has 20 heavy (non-hydrogen) atoms. The number of carbonyl (C=O) groups excluding carboxylic acids is 1. The van der Waals surface area contributed by atoms with Crippen molar-refractivity contribution in [2.24, 2.45) is 5.92 Å². The Morgan fingerprint density at radius 2 is 1.95 bits per heavy atom. The van der Waals surface area contributed by atoms with Gasteiger partial charge in [0.25, 0.3) is 15.0 Å². The van der Waals surface area contributed by atoms with Crippen LogP contribution in [-0.2, 0) is 9.05 Å². The molecule has 0 radical (unpaired) electrons. The summed E-state index contributed by atoms with van der Waals surface area (Å²) in [5.41, 5.74) is 1.75. The minimum Gasteiger partial charge on any atom is -0.338 e. The van der Waals surface area contributed by atoms with E-state index in [1.54, 1.807) is 17.9 Å². The number of nitrogens with zero attached hydrogens (tertiary/aromatic N) is 1. The summed E-state index contributed by atoms with van der Waals surface area (Å²) in [5.74, 6) is 0.370. The molecule has 1 amide bonds. The van der Waals surface area contributed by atoms with Crippen molar-refractivity contribution >= 4 is 25.6 Å². The molecular formula is C14H18ClNO3S. The molecule has 0 N–H and O–H groups in total. The third-order valence-electron chi connectivity index (χ3n) is 3.73. The van der Waals surface area contributed by atoms with E-state index in [-0.39, 0.29) is 10.8 Å². The molecule has 0 spiro atoms. The number of hydrogen-bond donors (Lipinski definition) is 0. The van der Waals surface area contributed by atoms with E-state index in [1.807, 2.05) is 6.92 Å². The average Bonchev–Trinajstić information content (AvgIpc) is 2.73. The highest BCUT2D eigenvalue weighted by Crippen LogP contribution is 2.26. The SMILES string of the molecule is Cc1cc(C)c(S(=O)(=O)Cl)cc1C(=O)N1CCC(C)C1. The molecule has 1 aliphatic heterocycles. The second-order valence-corrected chi connectivity index (χ2v) is 8.05. The summed E-state index contributed by atoms with van der Waals surface area (Å²) < 4.78 is 23.1. The van der Waals surface area contributed by atoms with Crippen molar-refractivity contribution in [3.63, 3.8) is 0 Å². The number of amides is 1. The lowest BCUT2D eigenvalue weighted by atomic mass is 10.0. The highest BCUT2D eigenvalue weighted by Gasteiger charge is 2.26. The van der Waals surface area contributed by atoms with E-state index in [0.29, 0.717) is 17.0 Å². The van der Waals surface area contributed by atoms with Crippen LogP contribution in [0.1, 0.15) is 34.8 Å².